The van der Waals surface area contributed by atoms with Crippen LogP contribution in [0.5, 0.6) is 17.2 Å². The van der Waals surface area contributed by atoms with Gasteiger partial charge in [-0.15, -0.1) is 0 Å². The molecule has 6 atom stereocenters. The Labute approximate surface area is 253 Å². The number of aromatic hydroxyl groups is 2. The van der Waals surface area contributed by atoms with Gasteiger partial charge in [0.25, 0.3) is 0 Å². The van der Waals surface area contributed by atoms with Gasteiger partial charge in [0.05, 0.1) is 42.4 Å². The zero-order chi connectivity index (χ0) is 31.5. The molecule has 12 nitrogen and oxygen atoms in total. The molecule has 0 spiro atoms. The smallest absolute Gasteiger partial charge is 0.202 e. The first-order chi connectivity index (χ1) is 21.0. The van der Waals surface area contributed by atoms with E-state index < -0.39 is 89.6 Å². The van der Waals surface area contributed by atoms with Crippen molar-refractivity contribution < 1.29 is 58.7 Å². The molecule has 234 valence electrons. The third kappa shape index (κ3) is 4.72. The Bertz CT molecular complexity index is 1580. The number of benzene rings is 2. The predicted octanol–water partition coefficient (Wildman–Crippen LogP) is 1.31. The summed E-state index contributed by atoms with van der Waals surface area (Å²) < 4.78 is 19.7. The normalized spacial score (nSPS) is 29.8. The molecule has 0 unspecified atom stereocenters. The van der Waals surface area contributed by atoms with Crippen molar-refractivity contribution in [1.82, 2.24) is 0 Å². The van der Waals surface area contributed by atoms with E-state index in [1.807, 2.05) is 6.21 Å². The van der Waals surface area contributed by atoms with Gasteiger partial charge in [-0.3, -0.25) is 14.4 Å². The zero-order valence-corrected chi connectivity index (χ0v) is 24.5. The summed E-state index contributed by atoms with van der Waals surface area (Å²) in [5.41, 5.74) is -3.46. The molecule has 6 rings (SSSR count). The van der Waals surface area contributed by atoms with Gasteiger partial charge in [-0.1, -0.05) is 12.1 Å². The van der Waals surface area contributed by atoms with Crippen LogP contribution < -0.4 is 4.74 Å². The molecule has 2 aliphatic carbocycles. The molecule has 1 fully saturated rings. The van der Waals surface area contributed by atoms with E-state index in [2.05, 4.69) is 4.58 Å². The van der Waals surface area contributed by atoms with Gasteiger partial charge in [-0.2, -0.15) is 0 Å². The number of ether oxygens (including phenoxy) is 3. The number of carbonyl (C=O) groups is 3. The number of hydrogen-bond donors (Lipinski definition) is 5. The first-order valence-electron chi connectivity index (χ1n) is 14.8. The maximum atomic E-state index is 13.8. The predicted molar refractivity (Wildman–Crippen MR) is 153 cm³/mol. The molecule has 2 aromatic rings. The number of fused-ring (bicyclic) bond motifs is 3. The minimum atomic E-state index is -2.23. The van der Waals surface area contributed by atoms with E-state index in [4.69, 9.17) is 14.2 Å². The average Bonchev–Trinajstić information content (AvgIpc) is 3.02. The minimum absolute atomic E-state index is 0.0366. The van der Waals surface area contributed by atoms with Crippen molar-refractivity contribution in [3.63, 3.8) is 0 Å². The van der Waals surface area contributed by atoms with E-state index in [0.717, 1.165) is 25.8 Å². The van der Waals surface area contributed by atoms with Crippen LogP contribution >= 0.6 is 0 Å². The number of hydrogen-bond acceptors (Lipinski definition) is 11. The maximum absolute atomic E-state index is 13.8. The molecular formula is C32H36NO11+. The molecule has 4 aliphatic rings. The van der Waals surface area contributed by atoms with E-state index in [1.165, 1.54) is 25.3 Å². The van der Waals surface area contributed by atoms with Crippen LogP contribution in [0.3, 0.4) is 0 Å². The number of aliphatic hydroxyl groups excluding tert-OH is 2. The van der Waals surface area contributed by atoms with Gasteiger partial charge in [0.1, 0.15) is 48.3 Å². The van der Waals surface area contributed by atoms with Gasteiger partial charge >= 0.3 is 0 Å². The number of phenolic OH excluding ortho intramolecular Hbond substituents is 2. The van der Waals surface area contributed by atoms with Crippen molar-refractivity contribution in [2.75, 3.05) is 20.3 Å². The zero-order valence-electron chi connectivity index (χ0n) is 24.5. The summed E-state index contributed by atoms with van der Waals surface area (Å²) in [6.07, 6.45) is 0.392. The molecule has 0 aromatic heterocycles. The first-order valence-corrected chi connectivity index (χ1v) is 14.8. The van der Waals surface area contributed by atoms with E-state index >= 15 is 0 Å². The molecule has 0 amide bonds. The van der Waals surface area contributed by atoms with E-state index in [1.54, 1.807) is 6.92 Å². The first kappa shape index (κ1) is 30.4. The summed E-state index contributed by atoms with van der Waals surface area (Å²) in [5, 5.41) is 55.3. The molecule has 44 heavy (non-hydrogen) atoms. The number of phenols is 2. The van der Waals surface area contributed by atoms with Gasteiger partial charge in [0.15, 0.2) is 23.9 Å². The Balaban J connectivity index is 1.46. The van der Waals surface area contributed by atoms with Crippen molar-refractivity contribution in [2.45, 2.75) is 81.7 Å². The number of methoxy groups -OCH3 is 1. The lowest BCUT2D eigenvalue weighted by atomic mass is 9.72. The minimum Gasteiger partial charge on any atom is -0.507 e. The van der Waals surface area contributed by atoms with E-state index in [-0.39, 0.29) is 40.5 Å². The SMILES string of the molecule is COc1cccc2c1C(=O)c1c(O)c3c(c(O)c1C2=O)C[C@@](O)(C(=O)CO)C[C@@H]3O[C@H]1C[C@H]([N+]2=CCCCC2)[C@H](O)[C@H](C)O1. The highest BCUT2D eigenvalue weighted by Crippen LogP contribution is 2.52. The van der Waals surface area contributed by atoms with Crippen molar-refractivity contribution >= 4 is 23.6 Å². The Morgan fingerprint density at radius 1 is 1.11 bits per heavy atom. The van der Waals surface area contributed by atoms with Crippen LogP contribution in [0.1, 0.15) is 88.1 Å². The molecule has 1 saturated heterocycles. The average molecular weight is 611 g/mol. The lowest BCUT2D eigenvalue weighted by molar-refractivity contribution is -0.589. The molecule has 12 heteroatoms. The van der Waals surface area contributed by atoms with Gasteiger partial charge in [0, 0.05) is 42.4 Å². The number of nitrogens with zero attached hydrogens (tertiary/aromatic N) is 1. The highest BCUT2D eigenvalue weighted by atomic mass is 16.7. The van der Waals surface area contributed by atoms with Crippen molar-refractivity contribution in [3.05, 3.63) is 51.6 Å². The molecule has 2 aliphatic heterocycles. The summed E-state index contributed by atoms with van der Waals surface area (Å²) in [4.78, 5) is 40.3. The molecular weight excluding hydrogens is 574 g/mol. The Hall–Kier alpha value is -3.68. The number of aliphatic hydroxyl groups is 3. The topological polar surface area (TPSA) is 183 Å². The molecule has 0 bridgehead atoms. The third-order valence-electron chi connectivity index (χ3n) is 9.39. The van der Waals surface area contributed by atoms with Crippen LogP contribution in [0.25, 0.3) is 0 Å². The van der Waals surface area contributed by atoms with Crippen molar-refractivity contribution in [2.24, 2.45) is 0 Å². The van der Waals surface area contributed by atoms with Gasteiger partial charge in [-0.05, 0) is 19.4 Å². The second-order valence-electron chi connectivity index (χ2n) is 12.0. The van der Waals surface area contributed by atoms with Crippen LogP contribution in [-0.4, -0.2) is 104 Å². The summed E-state index contributed by atoms with van der Waals surface area (Å²) in [5.74, 6) is -3.63. The van der Waals surface area contributed by atoms with E-state index in [0.29, 0.717) is 0 Å². The highest BCUT2D eigenvalue weighted by Gasteiger charge is 2.51. The Morgan fingerprint density at radius 2 is 1.86 bits per heavy atom. The summed E-state index contributed by atoms with van der Waals surface area (Å²) in [7, 11) is 1.34. The standard InChI is InChI=1S/C32H35NO11/c1-15-27(36)18(33-9-4-3-5-10-33)11-22(43-15)44-20-13-32(41,21(35)14-34)12-17-24(20)31(40)26-25(29(17)38)28(37)16-7-6-8-19(42-2)23(16)30(26)39/h6-9,15,18,20,22,27,34,36,41H,3-5,10-14H2,1-2H3,(H-,37,38,39,40)/p+1/t15-,18-,20-,22-,27+,32-/m0/s1. The number of carbonyl (C=O) groups excluding carboxylic acids is 3. The van der Waals surface area contributed by atoms with Crippen LogP contribution in [0.4, 0.5) is 0 Å². The quantitative estimate of drug-likeness (QED) is 0.200. The Kier molecular flexibility index (Phi) is 7.83. The van der Waals surface area contributed by atoms with Crippen molar-refractivity contribution in [1.29, 1.82) is 0 Å². The van der Waals surface area contributed by atoms with Gasteiger partial charge < -0.3 is 39.7 Å². The maximum Gasteiger partial charge on any atom is 0.202 e. The fourth-order valence-corrected chi connectivity index (χ4v) is 7.11. The van der Waals surface area contributed by atoms with E-state index in [9.17, 15) is 39.9 Å². The molecule has 2 heterocycles. The number of Topliss-reactive ketones (excluding diaryl/α,β-unsaturated/α-hetero) is 1. The second kappa shape index (κ2) is 11.4. The fourth-order valence-electron chi connectivity index (χ4n) is 7.11. The third-order valence-corrected chi connectivity index (χ3v) is 9.39. The van der Waals surface area contributed by atoms with Crippen LogP contribution in [-0.2, 0) is 20.7 Å². The molecule has 0 radical (unpaired) electrons. The number of ketones is 3. The molecule has 2 aromatic carbocycles. The summed E-state index contributed by atoms with van der Waals surface area (Å²) in [6.45, 7) is 1.45. The lowest BCUT2D eigenvalue weighted by Crippen LogP contribution is -2.54. The second-order valence-corrected chi connectivity index (χ2v) is 12.0. The largest absolute Gasteiger partial charge is 0.507 e. The monoisotopic (exact) mass is 610 g/mol. The van der Waals surface area contributed by atoms with Crippen LogP contribution in [0.2, 0.25) is 0 Å². The fraction of sp³-hybridized carbons (Fsp3) is 0.500. The van der Waals surface area contributed by atoms with Crippen LogP contribution in [0, 0.1) is 0 Å². The van der Waals surface area contributed by atoms with Crippen LogP contribution in [0.15, 0.2) is 18.2 Å². The summed E-state index contributed by atoms with van der Waals surface area (Å²) in [6, 6.07) is 4.07. The lowest BCUT2D eigenvalue weighted by Gasteiger charge is -2.42. The summed E-state index contributed by atoms with van der Waals surface area (Å²) >= 11 is 0. The Morgan fingerprint density at radius 3 is 2.55 bits per heavy atom. The van der Waals surface area contributed by atoms with Gasteiger partial charge in [-0.25, -0.2) is 4.58 Å². The molecule has 5 N–H and O–H groups in total. The highest BCUT2D eigenvalue weighted by molar-refractivity contribution is 6.31. The molecule has 0 saturated carbocycles. The van der Waals surface area contributed by atoms with Gasteiger partial charge in [0.2, 0.25) is 5.78 Å². The number of rotatable bonds is 6. The van der Waals surface area contributed by atoms with Crippen molar-refractivity contribution in [3.8, 4) is 17.2 Å².